The lowest BCUT2D eigenvalue weighted by Crippen LogP contribution is -1.88. The first-order valence-electron chi connectivity index (χ1n) is 4.25. The van der Waals surface area contributed by atoms with Crippen molar-refractivity contribution in [2.45, 2.75) is 26.2 Å². The molecule has 11 heavy (non-hydrogen) atoms. The van der Waals surface area contributed by atoms with Crippen molar-refractivity contribution in [3.63, 3.8) is 0 Å². The highest BCUT2D eigenvalue weighted by molar-refractivity contribution is 5.27. The molecule has 0 amide bonds. The number of rotatable bonds is 1. The second kappa shape index (κ2) is 2.10. The van der Waals surface area contributed by atoms with E-state index < -0.39 is 0 Å². The van der Waals surface area contributed by atoms with Crippen molar-refractivity contribution < 1.29 is 0 Å². The van der Waals surface area contributed by atoms with E-state index in [2.05, 4.69) is 44.2 Å². The molecule has 1 fully saturated rings. The van der Waals surface area contributed by atoms with E-state index in [-0.39, 0.29) is 0 Å². The lowest BCUT2D eigenvalue weighted by atomic mass is 10.0. The van der Waals surface area contributed by atoms with Crippen LogP contribution in [-0.4, -0.2) is 0 Å². The predicted molar refractivity (Wildman–Crippen MR) is 47.6 cm³/mol. The van der Waals surface area contributed by atoms with Gasteiger partial charge in [-0.2, -0.15) is 0 Å². The Morgan fingerprint density at radius 3 is 2.18 bits per heavy atom. The third-order valence-electron chi connectivity index (χ3n) is 2.72. The van der Waals surface area contributed by atoms with Crippen LogP contribution in [0.4, 0.5) is 0 Å². The second-order valence-corrected chi connectivity index (χ2v) is 4.16. The van der Waals surface area contributed by atoms with Crippen molar-refractivity contribution in [2.75, 3.05) is 0 Å². The smallest absolute Gasteiger partial charge is 0.0105 e. The zero-order chi connectivity index (χ0) is 7.90. The zero-order valence-corrected chi connectivity index (χ0v) is 7.17. The Hall–Kier alpha value is -0.780. The Kier molecular flexibility index (Phi) is 1.32. The van der Waals surface area contributed by atoms with Gasteiger partial charge in [-0.05, 0) is 23.3 Å². The molecule has 1 atom stereocenters. The van der Waals surface area contributed by atoms with Gasteiger partial charge >= 0.3 is 0 Å². The van der Waals surface area contributed by atoms with Crippen LogP contribution in [0.25, 0.3) is 0 Å². The lowest BCUT2D eigenvalue weighted by Gasteiger charge is -2.01. The van der Waals surface area contributed by atoms with E-state index in [0.717, 1.165) is 5.92 Å². The summed E-state index contributed by atoms with van der Waals surface area (Å²) in [5.41, 5.74) is 2.08. The Bertz CT molecular complexity index is 246. The maximum atomic E-state index is 2.34. The molecule has 1 aliphatic rings. The van der Waals surface area contributed by atoms with Gasteiger partial charge in [-0.15, -0.1) is 0 Å². The van der Waals surface area contributed by atoms with E-state index in [1.807, 2.05) is 0 Å². The van der Waals surface area contributed by atoms with Crippen LogP contribution < -0.4 is 0 Å². The van der Waals surface area contributed by atoms with Gasteiger partial charge in [-0.3, -0.25) is 0 Å². The Morgan fingerprint density at radius 2 is 1.73 bits per heavy atom. The molecular weight excluding hydrogens is 132 g/mol. The summed E-state index contributed by atoms with van der Waals surface area (Å²) in [5.74, 6) is 0.823. The van der Waals surface area contributed by atoms with Crippen LogP contribution in [0.5, 0.6) is 0 Å². The highest BCUT2D eigenvalue weighted by Gasteiger charge is 2.46. The molecule has 1 aromatic carbocycles. The lowest BCUT2D eigenvalue weighted by molar-refractivity contribution is 0.622. The van der Waals surface area contributed by atoms with Crippen molar-refractivity contribution in [1.82, 2.24) is 0 Å². The fourth-order valence-electron chi connectivity index (χ4n) is 1.72. The van der Waals surface area contributed by atoms with Crippen LogP contribution in [0, 0.1) is 5.41 Å². The quantitative estimate of drug-likeness (QED) is 0.570. The van der Waals surface area contributed by atoms with E-state index in [9.17, 15) is 0 Å². The maximum Gasteiger partial charge on any atom is -0.0105 e. The molecule has 0 aromatic heterocycles. The Labute approximate surface area is 68.3 Å². The summed E-state index contributed by atoms with van der Waals surface area (Å²) in [6.45, 7) is 4.68. The highest BCUT2D eigenvalue weighted by Crippen LogP contribution is 2.58. The average molecular weight is 146 g/mol. The molecule has 58 valence electrons. The summed E-state index contributed by atoms with van der Waals surface area (Å²) in [6.07, 6.45) is 1.36. The van der Waals surface area contributed by atoms with E-state index in [4.69, 9.17) is 0 Å². The molecule has 0 N–H and O–H groups in total. The van der Waals surface area contributed by atoms with Gasteiger partial charge in [0.1, 0.15) is 0 Å². The minimum Gasteiger partial charge on any atom is -0.0622 e. The van der Waals surface area contributed by atoms with Gasteiger partial charge in [0.2, 0.25) is 0 Å². The molecule has 0 spiro atoms. The molecule has 0 saturated heterocycles. The van der Waals surface area contributed by atoms with Crippen LogP contribution in [0.15, 0.2) is 30.3 Å². The number of hydrogen-bond acceptors (Lipinski definition) is 0. The van der Waals surface area contributed by atoms with Gasteiger partial charge < -0.3 is 0 Å². The molecule has 0 heteroatoms. The monoisotopic (exact) mass is 146 g/mol. The fourth-order valence-corrected chi connectivity index (χ4v) is 1.72. The van der Waals surface area contributed by atoms with Crippen LogP contribution in [0.3, 0.4) is 0 Å². The van der Waals surface area contributed by atoms with Gasteiger partial charge in [0, 0.05) is 0 Å². The summed E-state index contributed by atoms with van der Waals surface area (Å²) in [5, 5.41) is 0. The summed E-state index contributed by atoms with van der Waals surface area (Å²) in [4.78, 5) is 0. The van der Waals surface area contributed by atoms with Crippen molar-refractivity contribution in [2.24, 2.45) is 5.41 Å². The van der Waals surface area contributed by atoms with Crippen LogP contribution in [-0.2, 0) is 0 Å². The normalized spacial score (nSPS) is 26.5. The molecule has 1 aliphatic carbocycles. The Morgan fingerprint density at radius 1 is 1.18 bits per heavy atom. The standard InChI is InChI=1S/C11H14/c1-11(2)8-10(11)9-6-4-3-5-7-9/h3-7,10H,8H2,1-2H3/t10-/m1/s1. The highest BCUT2D eigenvalue weighted by atomic mass is 14.5. The summed E-state index contributed by atoms with van der Waals surface area (Å²) in [6, 6.07) is 10.8. The zero-order valence-electron chi connectivity index (χ0n) is 7.17. The van der Waals surface area contributed by atoms with Gasteiger partial charge in [0.25, 0.3) is 0 Å². The second-order valence-electron chi connectivity index (χ2n) is 4.16. The minimum absolute atomic E-state index is 0.571. The molecule has 1 saturated carbocycles. The van der Waals surface area contributed by atoms with Crippen molar-refractivity contribution in [1.29, 1.82) is 0 Å². The number of hydrogen-bond donors (Lipinski definition) is 0. The van der Waals surface area contributed by atoms with Crippen molar-refractivity contribution in [3.05, 3.63) is 35.9 Å². The first-order chi connectivity index (χ1) is 5.20. The first kappa shape index (κ1) is 6.90. The molecule has 2 rings (SSSR count). The molecular formula is C11H14. The van der Waals surface area contributed by atoms with Crippen LogP contribution in [0.2, 0.25) is 0 Å². The van der Waals surface area contributed by atoms with Gasteiger partial charge in [-0.25, -0.2) is 0 Å². The predicted octanol–water partition coefficient (Wildman–Crippen LogP) is 3.20. The molecule has 0 radical (unpaired) electrons. The average Bonchev–Trinajstić information content (AvgIpc) is 2.62. The van der Waals surface area contributed by atoms with Crippen LogP contribution >= 0.6 is 0 Å². The fraction of sp³-hybridized carbons (Fsp3) is 0.455. The van der Waals surface area contributed by atoms with E-state index >= 15 is 0 Å². The third-order valence-corrected chi connectivity index (χ3v) is 2.72. The molecule has 0 unspecified atom stereocenters. The summed E-state index contributed by atoms with van der Waals surface area (Å²) in [7, 11) is 0. The van der Waals surface area contributed by atoms with Gasteiger partial charge in [0.05, 0.1) is 0 Å². The van der Waals surface area contributed by atoms with Crippen LogP contribution in [0.1, 0.15) is 31.7 Å². The summed E-state index contributed by atoms with van der Waals surface area (Å²) < 4.78 is 0. The van der Waals surface area contributed by atoms with E-state index in [0.29, 0.717) is 5.41 Å². The van der Waals surface area contributed by atoms with E-state index in [1.165, 1.54) is 12.0 Å². The molecule has 0 aliphatic heterocycles. The molecule has 1 aromatic rings. The number of benzene rings is 1. The SMILES string of the molecule is CC1(C)C[C@@H]1c1ccccc1. The minimum atomic E-state index is 0.571. The molecule has 0 nitrogen and oxygen atoms in total. The van der Waals surface area contributed by atoms with Crippen molar-refractivity contribution >= 4 is 0 Å². The largest absolute Gasteiger partial charge is 0.0622 e. The Balaban J connectivity index is 2.21. The van der Waals surface area contributed by atoms with Gasteiger partial charge in [-0.1, -0.05) is 44.2 Å². The molecule has 0 heterocycles. The van der Waals surface area contributed by atoms with Gasteiger partial charge in [0.15, 0.2) is 0 Å². The summed E-state index contributed by atoms with van der Waals surface area (Å²) >= 11 is 0. The third kappa shape index (κ3) is 1.18. The maximum absolute atomic E-state index is 2.34. The topological polar surface area (TPSA) is 0 Å². The first-order valence-corrected chi connectivity index (χ1v) is 4.25. The van der Waals surface area contributed by atoms with Crippen molar-refractivity contribution in [3.8, 4) is 0 Å². The van der Waals surface area contributed by atoms with E-state index in [1.54, 1.807) is 0 Å². The molecule has 0 bridgehead atoms.